The first-order chi connectivity index (χ1) is 9.05. The predicted molar refractivity (Wildman–Crippen MR) is 89.4 cm³/mol. The Bertz CT molecular complexity index is 461. The Balaban J connectivity index is 3.12. The zero-order chi connectivity index (χ0) is 15.6. The van der Waals surface area contributed by atoms with Crippen molar-refractivity contribution in [3.8, 4) is 5.75 Å². The van der Waals surface area contributed by atoms with E-state index in [9.17, 15) is 0 Å². The molecule has 0 radical (unpaired) electrons. The predicted octanol–water partition coefficient (Wildman–Crippen LogP) is 5.83. The summed E-state index contributed by atoms with van der Waals surface area (Å²) in [5.41, 5.74) is 2.88. The number of hydrogen-bond donors (Lipinski definition) is 0. The van der Waals surface area contributed by atoms with E-state index in [1.165, 1.54) is 5.56 Å². The summed E-state index contributed by atoms with van der Waals surface area (Å²) < 4.78 is 5.83. The summed E-state index contributed by atoms with van der Waals surface area (Å²) in [6.45, 7) is 19.5. The fourth-order valence-corrected chi connectivity index (χ4v) is 2.92. The minimum atomic E-state index is 0.145. The summed E-state index contributed by atoms with van der Waals surface area (Å²) in [4.78, 5) is 0. The van der Waals surface area contributed by atoms with Crippen molar-refractivity contribution in [1.29, 1.82) is 0 Å². The molecule has 1 nitrogen and oxygen atoms in total. The van der Waals surface area contributed by atoms with Crippen LogP contribution in [0.1, 0.15) is 66.0 Å². The Labute approximate surface area is 125 Å². The molecule has 1 heteroatoms. The minimum Gasteiger partial charge on any atom is -0.490 e. The van der Waals surface area contributed by atoms with E-state index in [2.05, 4.69) is 59.4 Å². The molecule has 20 heavy (non-hydrogen) atoms. The van der Waals surface area contributed by atoms with Gasteiger partial charge in [0, 0.05) is 5.56 Å². The van der Waals surface area contributed by atoms with Crippen LogP contribution in [0.15, 0.2) is 24.8 Å². The van der Waals surface area contributed by atoms with Crippen LogP contribution in [0.25, 0.3) is 6.08 Å². The molecule has 0 saturated carbocycles. The smallest absolute Gasteiger partial charge is 0.126 e. The van der Waals surface area contributed by atoms with E-state index in [-0.39, 0.29) is 11.5 Å². The number of rotatable bonds is 5. The molecule has 0 aliphatic carbocycles. The molecule has 0 fully saturated rings. The highest BCUT2D eigenvalue weighted by Gasteiger charge is 2.27. The minimum absolute atomic E-state index is 0.145. The number of hydrogen-bond acceptors (Lipinski definition) is 1. The average Bonchev–Trinajstić information content (AvgIpc) is 2.25. The average molecular weight is 274 g/mol. The molecule has 0 aromatic heterocycles. The maximum atomic E-state index is 5.83. The quantitative estimate of drug-likeness (QED) is 0.656. The van der Waals surface area contributed by atoms with Crippen molar-refractivity contribution in [2.75, 3.05) is 0 Å². The maximum Gasteiger partial charge on any atom is 0.126 e. The van der Waals surface area contributed by atoms with Gasteiger partial charge in [0.05, 0.1) is 6.10 Å². The lowest BCUT2D eigenvalue weighted by molar-refractivity contribution is 0.241. The molecule has 0 heterocycles. The first kappa shape index (κ1) is 16.8. The molecule has 1 aromatic rings. The Morgan fingerprint density at radius 2 is 1.75 bits per heavy atom. The lowest BCUT2D eigenvalue weighted by Gasteiger charge is -2.33. The number of ether oxygens (including phenoxy) is 1. The van der Waals surface area contributed by atoms with E-state index in [1.54, 1.807) is 0 Å². The highest BCUT2D eigenvalue weighted by molar-refractivity contribution is 5.57. The molecule has 0 unspecified atom stereocenters. The van der Waals surface area contributed by atoms with Crippen molar-refractivity contribution in [3.63, 3.8) is 0 Å². The van der Waals surface area contributed by atoms with Crippen molar-refractivity contribution in [2.24, 2.45) is 5.41 Å². The molecule has 112 valence electrons. The van der Waals surface area contributed by atoms with Crippen molar-refractivity contribution in [3.05, 3.63) is 35.9 Å². The van der Waals surface area contributed by atoms with Gasteiger partial charge in [-0.3, -0.25) is 0 Å². The van der Waals surface area contributed by atoms with Gasteiger partial charge in [-0.15, -0.1) is 0 Å². The third kappa shape index (κ3) is 4.70. The van der Waals surface area contributed by atoms with Crippen LogP contribution in [0.3, 0.4) is 0 Å². The van der Waals surface area contributed by atoms with Crippen LogP contribution >= 0.6 is 0 Å². The lowest BCUT2D eigenvalue weighted by Crippen LogP contribution is -2.25. The second kappa shape index (κ2) is 6.03. The first-order valence-corrected chi connectivity index (χ1v) is 7.49. The van der Waals surface area contributed by atoms with Crippen LogP contribution in [-0.2, 0) is 5.41 Å². The van der Waals surface area contributed by atoms with Crippen molar-refractivity contribution >= 4 is 6.08 Å². The van der Waals surface area contributed by atoms with E-state index >= 15 is 0 Å². The van der Waals surface area contributed by atoms with Crippen LogP contribution in [0.2, 0.25) is 0 Å². The Kier molecular flexibility index (Phi) is 5.07. The summed E-state index contributed by atoms with van der Waals surface area (Å²) in [5, 5.41) is 0. The lowest BCUT2D eigenvalue weighted by atomic mass is 9.72. The van der Waals surface area contributed by atoms with Gasteiger partial charge in [-0.2, -0.15) is 0 Å². The molecule has 0 spiro atoms. The summed E-state index contributed by atoms with van der Waals surface area (Å²) in [6.07, 6.45) is 3.21. The van der Waals surface area contributed by atoms with Crippen molar-refractivity contribution < 1.29 is 4.74 Å². The third-order valence-electron chi connectivity index (χ3n) is 3.35. The normalized spacial score (nSPS) is 12.6. The van der Waals surface area contributed by atoms with E-state index in [4.69, 9.17) is 4.74 Å². The highest BCUT2D eigenvalue weighted by Crippen LogP contribution is 2.38. The topological polar surface area (TPSA) is 9.23 Å². The standard InChI is InChI=1S/C19H30O/c1-9-15-12-16(10-11-17(15)20-14(2)3)19(7,8)13-18(4,5)6/h9-12,14H,1,13H2,2-8H3. The van der Waals surface area contributed by atoms with E-state index in [0.717, 1.165) is 17.7 Å². The van der Waals surface area contributed by atoms with E-state index in [1.807, 2.05) is 19.9 Å². The van der Waals surface area contributed by atoms with Gasteiger partial charge in [-0.1, -0.05) is 53.3 Å². The molecular formula is C19H30O. The number of benzene rings is 1. The van der Waals surface area contributed by atoms with Crippen LogP contribution in [0.5, 0.6) is 5.75 Å². The SMILES string of the molecule is C=Cc1cc(C(C)(C)CC(C)(C)C)ccc1OC(C)C. The summed E-state index contributed by atoms with van der Waals surface area (Å²) in [5.74, 6) is 0.922. The monoisotopic (exact) mass is 274 g/mol. The highest BCUT2D eigenvalue weighted by atomic mass is 16.5. The maximum absolute atomic E-state index is 5.83. The van der Waals surface area contributed by atoms with Gasteiger partial charge in [-0.25, -0.2) is 0 Å². The van der Waals surface area contributed by atoms with Crippen LogP contribution < -0.4 is 4.74 Å². The Morgan fingerprint density at radius 3 is 2.20 bits per heavy atom. The zero-order valence-corrected chi connectivity index (χ0v) is 14.2. The second-order valence-electron chi connectivity index (χ2n) is 7.74. The van der Waals surface area contributed by atoms with Gasteiger partial charge in [0.25, 0.3) is 0 Å². The summed E-state index contributed by atoms with van der Waals surface area (Å²) in [7, 11) is 0. The molecule has 0 atom stereocenters. The molecule has 1 rings (SSSR count). The van der Waals surface area contributed by atoms with Crippen LogP contribution in [-0.4, -0.2) is 6.10 Å². The van der Waals surface area contributed by atoms with Gasteiger partial charge >= 0.3 is 0 Å². The van der Waals surface area contributed by atoms with Crippen LogP contribution in [0, 0.1) is 5.41 Å². The summed E-state index contributed by atoms with van der Waals surface area (Å²) in [6, 6.07) is 6.49. The van der Waals surface area contributed by atoms with Gasteiger partial charge in [0.2, 0.25) is 0 Å². The van der Waals surface area contributed by atoms with Gasteiger partial charge in [0.1, 0.15) is 5.75 Å². The summed E-state index contributed by atoms with van der Waals surface area (Å²) >= 11 is 0. The van der Waals surface area contributed by atoms with Crippen LogP contribution in [0.4, 0.5) is 0 Å². The molecule has 0 saturated heterocycles. The largest absolute Gasteiger partial charge is 0.490 e. The molecule has 0 amide bonds. The van der Waals surface area contributed by atoms with Gasteiger partial charge in [0.15, 0.2) is 0 Å². The molecule has 1 aromatic carbocycles. The molecule has 0 aliphatic heterocycles. The fraction of sp³-hybridized carbons (Fsp3) is 0.579. The third-order valence-corrected chi connectivity index (χ3v) is 3.35. The molecule has 0 bridgehead atoms. The van der Waals surface area contributed by atoms with E-state index in [0.29, 0.717) is 5.41 Å². The first-order valence-electron chi connectivity index (χ1n) is 7.49. The Hall–Kier alpha value is -1.24. The molecular weight excluding hydrogens is 244 g/mol. The molecule has 0 aliphatic rings. The van der Waals surface area contributed by atoms with Crippen molar-refractivity contribution in [2.45, 2.75) is 66.4 Å². The van der Waals surface area contributed by atoms with Crippen molar-refractivity contribution in [1.82, 2.24) is 0 Å². The second-order valence-corrected chi connectivity index (χ2v) is 7.74. The molecule has 0 N–H and O–H groups in total. The Morgan fingerprint density at radius 1 is 1.15 bits per heavy atom. The van der Waals surface area contributed by atoms with Gasteiger partial charge in [-0.05, 0) is 48.8 Å². The van der Waals surface area contributed by atoms with E-state index < -0.39 is 0 Å². The van der Waals surface area contributed by atoms with Gasteiger partial charge < -0.3 is 4.74 Å². The fourth-order valence-electron chi connectivity index (χ4n) is 2.92. The zero-order valence-electron chi connectivity index (χ0n) is 14.2.